The number of likely N-dealkylation sites (N-methyl/N-ethyl adjacent to an activating group) is 1. The average molecular weight is 337 g/mol. The Labute approximate surface area is 149 Å². The van der Waals surface area contributed by atoms with Crippen molar-refractivity contribution in [3.63, 3.8) is 0 Å². The number of amides is 1. The highest BCUT2D eigenvalue weighted by Gasteiger charge is 2.35. The molecule has 4 nitrogen and oxygen atoms in total. The van der Waals surface area contributed by atoms with Gasteiger partial charge in [-0.25, -0.2) is 0 Å². The number of carbonyl (C=O) groups is 1. The Morgan fingerprint density at radius 2 is 2.16 bits per heavy atom. The second-order valence-electron chi connectivity index (χ2n) is 7.45. The number of fused-ring (bicyclic) bond motifs is 2. The van der Waals surface area contributed by atoms with E-state index in [1.807, 2.05) is 0 Å². The van der Waals surface area contributed by atoms with E-state index in [4.69, 9.17) is 0 Å². The summed E-state index contributed by atoms with van der Waals surface area (Å²) in [6.45, 7) is 5.05. The number of rotatable bonds is 4. The van der Waals surface area contributed by atoms with E-state index < -0.39 is 0 Å². The number of hydrogen-bond donors (Lipinski definition) is 2. The van der Waals surface area contributed by atoms with E-state index in [0.29, 0.717) is 6.04 Å². The lowest BCUT2D eigenvalue weighted by Gasteiger charge is -2.39. The van der Waals surface area contributed by atoms with Crippen LogP contribution in [0.2, 0.25) is 0 Å². The highest BCUT2D eigenvalue weighted by Crippen LogP contribution is 2.40. The first-order valence-corrected chi connectivity index (χ1v) is 9.44. The van der Waals surface area contributed by atoms with Crippen LogP contribution in [0.15, 0.2) is 30.5 Å². The predicted molar refractivity (Wildman–Crippen MR) is 102 cm³/mol. The lowest BCUT2D eigenvalue weighted by atomic mass is 9.79. The van der Waals surface area contributed by atoms with E-state index >= 15 is 0 Å². The van der Waals surface area contributed by atoms with E-state index in [2.05, 4.69) is 66.6 Å². The first-order valence-electron chi connectivity index (χ1n) is 9.44. The third-order valence-corrected chi connectivity index (χ3v) is 5.94. The third-order valence-electron chi connectivity index (χ3n) is 5.94. The molecular weight excluding hydrogens is 310 g/mol. The standard InChI is InChI=1S/C21H27N3O/c1-4-15(5-2)23-21(25)14-9-17-16-7-6-8-18-20(16)13(11-22-18)10-19(17)24(3)12-14/h6-9,11,14-15,19,22H,4-5,10,12H2,1-3H3,(H,23,25)/t14?,19-/m1/s1. The van der Waals surface area contributed by atoms with Crippen molar-refractivity contribution >= 4 is 22.4 Å². The highest BCUT2D eigenvalue weighted by atomic mass is 16.2. The molecule has 1 aromatic heterocycles. The summed E-state index contributed by atoms with van der Waals surface area (Å²) < 4.78 is 0. The van der Waals surface area contributed by atoms with Crippen molar-refractivity contribution < 1.29 is 4.79 Å². The molecule has 0 radical (unpaired) electrons. The van der Waals surface area contributed by atoms with Gasteiger partial charge in [-0.15, -0.1) is 0 Å². The van der Waals surface area contributed by atoms with Gasteiger partial charge in [-0.3, -0.25) is 9.69 Å². The second-order valence-corrected chi connectivity index (χ2v) is 7.45. The molecule has 1 unspecified atom stereocenters. The van der Waals surface area contributed by atoms with Crippen LogP contribution in [-0.4, -0.2) is 41.5 Å². The second kappa shape index (κ2) is 6.34. The molecule has 1 aromatic carbocycles. The monoisotopic (exact) mass is 337 g/mol. The molecule has 1 aliphatic carbocycles. The van der Waals surface area contributed by atoms with E-state index in [0.717, 1.165) is 25.8 Å². The minimum absolute atomic E-state index is 0.0763. The van der Waals surface area contributed by atoms with Crippen molar-refractivity contribution in [3.8, 4) is 0 Å². The third kappa shape index (κ3) is 2.69. The Hall–Kier alpha value is -2.07. The summed E-state index contributed by atoms with van der Waals surface area (Å²) in [4.78, 5) is 18.5. The molecule has 0 saturated carbocycles. The van der Waals surface area contributed by atoms with Gasteiger partial charge < -0.3 is 10.3 Å². The minimum Gasteiger partial charge on any atom is -0.361 e. The molecule has 2 N–H and O–H groups in total. The van der Waals surface area contributed by atoms with Crippen molar-refractivity contribution in [3.05, 3.63) is 41.6 Å². The maximum absolute atomic E-state index is 12.8. The molecule has 2 heterocycles. The van der Waals surface area contributed by atoms with Crippen molar-refractivity contribution in [2.75, 3.05) is 13.6 Å². The van der Waals surface area contributed by atoms with E-state index in [9.17, 15) is 4.79 Å². The topological polar surface area (TPSA) is 48.1 Å². The van der Waals surface area contributed by atoms with Crippen LogP contribution in [0.25, 0.3) is 16.5 Å². The molecule has 132 valence electrons. The van der Waals surface area contributed by atoms with Crippen LogP contribution >= 0.6 is 0 Å². The van der Waals surface area contributed by atoms with Crippen molar-refractivity contribution in [1.82, 2.24) is 15.2 Å². The number of benzene rings is 1. The van der Waals surface area contributed by atoms with Crippen LogP contribution in [-0.2, 0) is 11.2 Å². The van der Waals surface area contributed by atoms with Gasteiger partial charge in [-0.1, -0.05) is 32.1 Å². The smallest absolute Gasteiger partial charge is 0.228 e. The average Bonchev–Trinajstić information content (AvgIpc) is 3.04. The minimum atomic E-state index is -0.0763. The summed E-state index contributed by atoms with van der Waals surface area (Å²) in [7, 11) is 2.15. The van der Waals surface area contributed by atoms with Gasteiger partial charge in [0.15, 0.2) is 0 Å². The molecule has 4 rings (SSSR count). The van der Waals surface area contributed by atoms with Gasteiger partial charge in [0.1, 0.15) is 0 Å². The quantitative estimate of drug-likeness (QED) is 0.899. The summed E-state index contributed by atoms with van der Waals surface area (Å²) in [6.07, 6.45) is 7.35. The zero-order valence-electron chi connectivity index (χ0n) is 15.3. The number of hydrogen-bond acceptors (Lipinski definition) is 2. The largest absolute Gasteiger partial charge is 0.361 e. The summed E-state index contributed by atoms with van der Waals surface area (Å²) >= 11 is 0. The molecule has 25 heavy (non-hydrogen) atoms. The molecule has 0 fully saturated rings. The molecule has 1 aliphatic heterocycles. The first-order chi connectivity index (χ1) is 12.1. The van der Waals surface area contributed by atoms with Gasteiger partial charge >= 0.3 is 0 Å². The van der Waals surface area contributed by atoms with E-state index in [1.54, 1.807) is 0 Å². The Morgan fingerprint density at radius 1 is 1.36 bits per heavy atom. The molecule has 2 atom stereocenters. The summed E-state index contributed by atoms with van der Waals surface area (Å²) in [5, 5.41) is 4.56. The van der Waals surface area contributed by atoms with Crippen molar-refractivity contribution in [2.45, 2.75) is 45.2 Å². The van der Waals surface area contributed by atoms with Crippen LogP contribution in [0.5, 0.6) is 0 Å². The van der Waals surface area contributed by atoms with Crippen LogP contribution in [0, 0.1) is 5.92 Å². The predicted octanol–water partition coefficient (Wildman–Crippen LogP) is 3.34. The SMILES string of the molecule is CCC(CC)NC(=O)C1C=C2c3cccc4[nH]cc(c34)C[C@H]2N(C)C1. The fourth-order valence-electron chi connectivity index (χ4n) is 4.42. The van der Waals surface area contributed by atoms with Gasteiger partial charge in [0.25, 0.3) is 0 Å². The van der Waals surface area contributed by atoms with Gasteiger partial charge in [-0.05, 0) is 49.1 Å². The summed E-state index contributed by atoms with van der Waals surface area (Å²) in [5.74, 6) is 0.0890. The fourth-order valence-corrected chi connectivity index (χ4v) is 4.42. The van der Waals surface area contributed by atoms with Gasteiger partial charge in [0, 0.05) is 35.7 Å². The Balaban J connectivity index is 1.71. The van der Waals surface area contributed by atoms with Gasteiger partial charge in [-0.2, -0.15) is 0 Å². The zero-order chi connectivity index (χ0) is 17.6. The molecule has 2 aromatic rings. The maximum Gasteiger partial charge on any atom is 0.228 e. The number of H-pyrrole nitrogens is 1. The zero-order valence-corrected chi connectivity index (χ0v) is 15.3. The van der Waals surface area contributed by atoms with Crippen LogP contribution in [0.3, 0.4) is 0 Å². The maximum atomic E-state index is 12.8. The Bertz CT molecular complexity index is 831. The first kappa shape index (κ1) is 16.4. The van der Waals surface area contributed by atoms with Crippen LogP contribution in [0.1, 0.15) is 37.8 Å². The van der Waals surface area contributed by atoms with Crippen LogP contribution < -0.4 is 5.32 Å². The molecule has 1 amide bonds. The van der Waals surface area contributed by atoms with E-state index in [-0.39, 0.29) is 17.9 Å². The molecule has 2 aliphatic rings. The number of aromatic amines is 1. The molecule has 0 saturated heterocycles. The molecule has 4 heteroatoms. The molecular formula is C21H27N3O. The van der Waals surface area contributed by atoms with E-state index in [1.165, 1.54) is 27.6 Å². The summed E-state index contributed by atoms with van der Waals surface area (Å²) in [6, 6.07) is 7.08. The fraction of sp³-hybridized carbons (Fsp3) is 0.476. The lowest BCUT2D eigenvalue weighted by molar-refractivity contribution is -0.125. The Kier molecular flexibility index (Phi) is 4.16. The molecule has 0 bridgehead atoms. The normalized spacial score (nSPS) is 22.8. The Morgan fingerprint density at radius 3 is 2.92 bits per heavy atom. The molecule has 0 spiro atoms. The van der Waals surface area contributed by atoms with Crippen molar-refractivity contribution in [1.29, 1.82) is 0 Å². The van der Waals surface area contributed by atoms with Crippen LogP contribution in [0.4, 0.5) is 0 Å². The number of nitrogens with zero attached hydrogens (tertiary/aromatic N) is 1. The number of carbonyl (C=O) groups excluding carboxylic acids is 1. The van der Waals surface area contributed by atoms with Crippen molar-refractivity contribution in [2.24, 2.45) is 5.92 Å². The lowest BCUT2D eigenvalue weighted by Crippen LogP contribution is -2.48. The van der Waals surface area contributed by atoms with Gasteiger partial charge in [0.05, 0.1) is 5.92 Å². The summed E-state index contributed by atoms with van der Waals surface area (Å²) in [5.41, 5.74) is 5.19. The number of nitrogens with one attached hydrogen (secondary N) is 2. The highest BCUT2D eigenvalue weighted by molar-refractivity contribution is 5.99. The number of aromatic nitrogens is 1. The van der Waals surface area contributed by atoms with Gasteiger partial charge in [0.2, 0.25) is 5.91 Å².